The van der Waals surface area contributed by atoms with Crippen molar-refractivity contribution in [2.24, 2.45) is 5.92 Å². The molecule has 0 amide bonds. The second-order valence-corrected chi connectivity index (χ2v) is 6.65. The Morgan fingerprint density at radius 3 is 2.19 bits per heavy atom. The van der Waals surface area contributed by atoms with Gasteiger partial charge in [-0.25, -0.2) is 4.79 Å². The van der Waals surface area contributed by atoms with Gasteiger partial charge in [0.2, 0.25) is 0 Å². The Bertz CT molecular complexity index is 655. The van der Waals surface area contributed by atoms with E-state index < -0.39 is 32.1 Å². The number of nitro benzene ring substituents is 2. The fourth-order valence-electron chi connectivity index (χ4n) is 2.98. The summed E-state index contributed by atoms with van der Waals surface area (Å²) in [6.45, 7) is 0.144. The van der Waals surface area contributed by atoms with Crippen LogP contribution in [-0.4, -0.2) is 22.4 Å². The van der Waals surface area contributed by atoms with Crippen molar-refractivity contribution in [2.75, 3.05) is 6.61 Å². The zero-order chi connectivity index (χ0) is 19.1. The summed E-state index contributed by atoms with van der Waals surface area (Å²) in [5, 5.41) is 32.5. The number of rotatable bonds is 8. The maximum Gasteiger partial charge on any atom is 0.338 e. The average molecular weight is 385 g/mol. The Morgan fingerprint density at radius 1 is 1.12 bits per heavy atom. The molecule has 0 atom stereocenters. The van der Waals surface area contributed by atoms with E-state index in [4.69, 9.17) is 4.74 Å². The summed E-state index contributed by atoms with van der Waals surface area (Å²) in [5.41, 5.74) is -1.85. The van der Waals surface area contributed by atoms with Gasteiger partial charge in [-0.1, -0.05) is 32.1 Å². The lowest BCUT2D eigenvalue weighted by atomic mass is 9.87. The minimum atomic E-state index is -0.923. The molecule has 0 spiro atoms. The van der Waals surface area contributed by atoms with Crippen LogP contribution in [0.4, 0.5) is 11.4 Å². The van der Waals surface area contributed by atoms with Crippen molar-refractivity contribution in [3.05, 3.63) is 37.9 Å². The summed E-state index contributed by atoms with van der Waals surface area (Å²) >= 11 is -0.0488. The SMILES string of the molecule is O=C(OCCC1CCCCC1)c1cc([N+](=O)[O-])c(SO[O-])c([N+](=O)[O-])c1. The highest BCUT2D eigenvalue weighted by Crippen LogP contribution is 2.38. The van der Waals surface area contributed by atoms with Crippen LogP contribution in [0.1, 0.15) is 48.9 Å². The summed E-state index contributed by atoms with van der Waals surface area (Å²) in [6.07, 6.45) is 6.36. The van der Waals surface area contributed by atoms with E-state index in [9.17, 15) is 30.3 Å². The zero-order valence-corrected chi connectivity index (χ0v) is 14.6. The summed E-state index contributed by atoms with van der Waals surface area (Å²) < 4.78 is 8.60. The van der Waals surface area contributed by atoms with Crippen molar-refractivity contribution < 1.29 is 29.0 Å². The van der Waals surface area contributed by atoms with Crippen LogP contribution < -0.4 is 5.26 Å². The van der Waals surface area contributed by atoms with Crippen LogP contribution in [0, 0.1) is 26.1 Å². The first-order chi connectivity index (χ1) is 12.4. The average Bonchev–Trinajstić information content (AvgIpc) is 2.62. The molecule has 0 N–H and O–H groups in total. The summed E-state index contributed by atoms with van der Waals surface area (Å²) in [6, 6.07) is 1.69. The molecule has 0 aromatic heterocycles. The molecule has 2 rings (SSSR count). The van der Waals surface area contributed by atoms with Gasteiger partial charge in [0.25, 0.3) is 11.4 Å². The zero-order valence-electron chi connectivity index (χ0n) is 13.8. The molecule has 10 nitrogen and oxygen atoms in total. The molecule has 1 aromatic carbocycles. The maximum absolute atomic E-state index is 12.1. The number of carbonyl (C=O) groups is 1. The van der Waals surface area contributed by atoms with Crippen molar-refractivity contribution >= 4 is 29.4 Å². The molecule has 142 valence electrons. The highest BCUT2D eigenvalue weighted by molar-refractivity contribution is 7.94. The van der Waals surface area contributed by atoms with E-state index in [1.54, 1.807) is 0 Å². The number of hydrogen-bond acceptors (Lipinski definition) is 9. The first kappa shape index (κ1) is 20.1. The topological polar surface area (TPSA) is 145 Å². The van der Waals surface area contributed by atoms with Crippen molar-refractivity contribution in [1.82, 2.24) is 0 Å². The summed E-state index contributed by atoms with van der Waals surface area (Å²) in [7, 11) is 0. The normalized spacial score (nSPS) is 14.8. The first-order valence-electron chi connectivity index (χ1n) is 8.04. The predicted octanol–water partition coefficient (Wildman–Crippen LogP) is 2.93. The van der Waals surface area contributed by atoms with E-state index in [0.717, 1.165) is 37.8 Å². The van der Waals surface area contributed by atoms with Gasteiger partial charge in [-0.2, -0.15) is 0 Å². The number of nitrogens with zero attached hydrogens (tertiary/aromatic N) is 2. The molecule has 1 saturated carbocycles. The van der Waals surface area contributed by atoms with E-state index in [0.29, 0.717) is 12.3 Å². The van der Waals surface area contributed by atoms with Gasteiger partial charge < -0.3 is 14.3 Å². The van der Waals surface area contributed by atoms with Gasteiger partial charge in [-0.15, -0.1) is 0 Å². The molecular formula is C15H17N2O8S-. The first-order valence-corrected chi connectivity index (χ1v) is 8.78. The Kier molecular flexibility index (Phi) is 7.30. The monoisotopic (exact) mass is 385 g/mol. The van der Waals surface area contributed by atoms with E-state index >= 15 is 0 Å². The third kappa shape index (κ3) is 5.13. The van der Waals surface area contributed by atoms with Crippen LogP contribution in [0.15, 0.2) is 17.0 Å². The van der Waals surface area contributed by atoms with Crippen LogP contribution in [0.5, 0.6) is 0 Å². The Hall–Kier alpha value is -2.24. The van der Waals surface area contributed by atoms with Crippen molar-refractivity contribution in [2.45, 2.75) is 43.4 Å². The van der Waals surface area contributed by atoms with Crippen LogP contribution in [-0.2, 0) is 9.07 Å². The molecular weight excluding hydrogens is 368 g/mol. The highest BCUT2D eigenvalue weighted by atomic mass is 32.2. The summed E-state index contributed by atoms with van der Waals surface area (Å²) in [5.74, 6) is -0.403. The molecule has 0 unspecified atom stereocenters. The minimum Gasteiger partial charge on any atom is -0.710 e. The van der Waals surface area contributed by atoms with Crippen molar-refractivity contribution in [3.8, 4) is 0 Å². The molecule has 0 bridgehead atoms. The van der Waals surface area contributed by atoms with Crippen LogP contribution >= 0.6 is 12.0 Å². The molecule has 11 heteroatoms. The van der Waals surface area contributed by atoms with E-state index in [-0.39, 0.29) is 24.2 Å². The molecule has 0 saturated heterocycles. The Morgan fingerprint density at radius 2 is 1.69 bits per heavy atom. The third-order valence-corrected chi connectivity index (χ3v) is 4.93. The number of carbonyl (C=O) groups excluding carboxylic acids is 1. The highest BCUT2D eigenvalue weighted by Gasteiger charge is 2.29. The lowest BCUT2D eigenvalue weighted by Crippen LogP contribution is -2.13. The lowest BCUT2D eigenvalue weighted by Gasteiger charge is -2.21. The number of esters is 1. The Labute approximate surface area is 152 Å². The smallest absolute Gasteiger partial charge is 0.338 e. The maximum atomic E-state index is 12.1. The van der Waals surface area contributed by atoms with E-state index in [1.165, 1.54) is 6.42 Å². The molecule has 0 radical (unpaired) electrons. The van der Waals surface area contributed by atoms with Crippen LogP contribution in [0.25, 0.3) is 0 Å². The standard InChI is InChI=1S/C15H18N2O8S/c18-15(24-7-6-10-4-2-1-3-5-10)11-8-12(16(19)20)14(26-25-23)13(9-11)17(21)22/h8-10,23H,1-7H2/p-1. The number of ether oxygens (including phenoxy) is 1. The van der Waals surface area contributed by atoms with Gasteiger partial charge in [0.1, 0.15) is 0 Å². The predicted molar refractivity (Wildman–Crippen MR) is 88.2 cm³/mol. The largest absolute Gasteiger partial charge is 0.710 e. The van der Waals surface area contributed by atoms with Crippen LogP contribution in [0.2, 0.25) is 0 Å². The fourth-order valence-corrected chi connectivity index (χ4v) is 3.49. The second-order valence-electron chi connectivity index (χ2n) is 5.94. The second kappa shape index (κ2) is 9.46. The molecule has 0 heterocycles. The van der Waals surface area contributed by atoms with Gasteiger partial charge in [0, 0.05) is 24.2 Å². The number of nitro groups is 2. The molecule has 1 aliphatic rings. The Balaban J connectivity index is 2.15. The molecule has 1 fully saturated rings. The molecule has 1 aromatic rings. The van der Waals surface area contributed by atoms with Crippen molar-refractivity contribution in [3.63, 3.8) is 0 Å². The van der Waals surface area contributed by atoms with Gasteiger partial charge >= 0.3 is 5.97 Å². The van der Waals surface area contributed by atoms with Gasteiger partial charge in [0.05, 0.1) is 22.0 Å². The fraction of sp³-hybridized carbons (Fsp3) is 0.533. The lowest BCUT2D eigenvalue weighted by molar-refractivity contribution is -0.630. The molecule has 0 aliphatic heterocycles. The van der Waals surface area contributed by atoms with E-state index in [1.807, 2.05) is 0 Å². The van der Waals surface area contributed by atoms with Crippen LogP contribution in [0.3, 0.4) is 0 Å². The number of benzene rings is 1. The minimum absolute atomic E-state index is 0.0488. The van der Waals surface area contributed by atoms with E-state index in [2.05, 4.69) is 4.33 Å². The van der Waals surface area contributed by atoms with Gasteiger partial charge in [-0.3, -0.25) is 20.2 Å². The molecule has 26 heavy (non-hydrogen) atoms. The molecule has 1 aliphatic carbocycles. The summed E-state index contributed by atoms with van der Waals surface area (Å²) in [4.78, 5) is 32.0. The van der Waals surface area contributed by atoms with Crippen molar-refractivity contribution in [1.29, 1.82) is 0 Å². The third-order valence-electron chi connectivity index (χ3n) is 4.28. The number of hydrogen-bond donors (Lipinski definition) is 0. The van der Waals surface area contributed by atoms with Gasteiger partial charge in [-0.05, 0) is 12.3 Å². The quantitative estimate of drug-likeness (QED) is 0.217. The van der Waals surface area contributed by atoms with Gasteiger partial charge in [0.15, 0.2) is 4.90 Å².